The van der Waals surface area contributed by atoms with Crippen molar-refractivity contribution >= 4 is 0 Å². The molecule has 0 radical (unpaired) electrons. The van der Waals surface area contributed by atoms with Gasteiger partial charge < -0.3 is 10.0 Å². The number of aliphatic hydroxyl groups excluding tert-OH is 1. The van der Waals surface area contributed by atoms with Gasteiger partial charge >= 0.3 is 0 Å². The number of halogens is 2. The molecule has 0 atom stereocenters. The average Bonchev–Trinajstić information content (AvgIpc) is 2.23. The third-order valence-electron chi connectivity index (χ3n) is 2.40. The molecule has 0 aromatic heterocycles. The Morgan fingerprint density at radius 2 is 2.00 bits per heavy atom. The molecule has 0 fully saturated rings. The molecule has 1 N–H and O–H groups in total. The monoisotopic (exact) mass is 229 g/mol. The predicted molar refractivity (Wildman–Crippen MR) is 59.0 cm³/mol. The van der Waals surface area contributed by atoms with Crippen molar-refractivity contribution in [1.29, 1.82) is 0 Å². The van der Waals surface area contributed by atoms with Crippen molar-refractivity contribution in [2.24, 2.45) is 0 Å². The second kappa shape index (κ2) is 6.55. The Kier molecular flexibility index (Phi) is 5.35. The van der Waals surface area contributed by atoms with E-state index in [0.717, 1.165) is 25.5 Å². The van der Waals surface area contributed by atoms with Gasteiger partial charge in [-0.25, -0.2) is 8.78 Å². The number of benzene rings is 1. The van der Waals surface area contributed by atoms with Gasteiger partial charge in [0.05, 0.1) is 0 Å². The minimum atomic E-state index is -0.552. The van der Waals surface area contributed by atoms with Gasteiger partial charge in [-0.1, -0.05) is 6.07 Å². The third kappa shape index (κ3) is 4.24. The van der Waals surface area contributed by atoms with E-state index in [4.69, 9.17) is 5.11 Å². The van der Waals surface area contributed by atoms with Gasteiger partial charge in [-0.15, -0.1) is 0 Å². The van der Waals surface area contributed by atoms with Gasteiger partial charge in [0.2, 0.25) is 0 Å². The maximum Gasteiger partial charge on any atom is 0.130 e. The molecule has 0 spiro atoms. The van der Waals surface area contributed by atoms with Crippen LogP contribution >= 0.6 is 0 Å². The zero-order valence-electron chi connectivity index (χ0n) is 9.42. The molecule has 90 valence electrons. The van der Waals surface area contributed by atoms with Gasteiger partial charge in [-0.3, -0.25) is 0 Å². The number of hydrogen-bond acceptors (Lipinski definition) is 2. The quantitative estimate of drug-likeness (QED) is 0.756. The summed E-state index contributed by atoms with van der Waals surface area (Å²) in [6, 6.07) is 3.63. The molecule has 16 heavy (non-hydrogen) atoms. The van der Waals surface area contributed by atoms with Crippen LogP contribution in [-0.2, 0) is 6.54 Å². The Labute approximate surface area is 94.5 Å². The van der Waals surface area contributed by atoms with Gasteiger partial charge in [0.1, 0.15) is 11.6 Å². The lowest BCUT2D eigenvalue weighted by atomic mass is 10.2. The van der Waals surface area contributed by atoms with Crippen molar-refractivity contribution in [3.8, 4) is 0 Å². The molecule has 0 saturated heterocycles. The Bertz CT molecular complexity index is 331. The summed E-state index contributed by atoms with van der Waals surface area (Å²) in [7, 11) is 1.88. The molecule has 0 aliphatic rings. The summed E-state index contributed by atoms with van der Waals surface area (Å²) >= 11 is 0. The summed E-state index contributed by atoms with van der Waals surface area (Å²) in [5.74, 6) is -1.06. The average molecular weight is 229 g/mol. The predicted octanol–water partition coefficient (Wildman–Crippen LogP) is 2.17. The first-order chi connectivity index (χ1) is 7.63. The van der Waals surface area contributed by atoms with Crippen molar-refractivity contribution in [3.05, 3.63) is 35.4 Å². The fourth-order valence-corrected chi connectivity index (χ4v) is 1.51. The Morgan fingerprint density at radius 3 is 2.62 bits per heavy atom. The van der Waals surface area contributed by atoms with E-state index in [2.05, 4.69) is 0 Å². The van der Waals surface area contributed by atoms with Crippen LogP contribution in [0.2, 0.25) is 0 Å². The molecule has 0 amide bonds. The standard InChI is InChI=1S/C12H17F2NO/c1-15(6-2-3-7-16)9-10-4-5-11(13)8-12(10)14/h4-5,8,16H,2-3,6-7,9H2,1H3. The normalized spacial score (nSPS) is 11.1. The fourth-order valence-electron chi connectivity index (χ4n) is 1.51. The number of nitrogens with zero attached hydrogens (tertiary/aromatic N) is 1. The minimum absolute atomic E-state index is 0.179. The first kappa shape index (κ1) is 13.1. The second-order valence-electron chi connectivity index (χ2n) is 3.90. The van der Waals surface area contributed by atoms with E-state index in [9.17, 15) is 8.78 Å². The summed E-state index contributed by atoms with van der Waals surface area (Å²) in [5, 5.41) is 8.62. The van der Waals surface area contributed by atoms with Crippen molar-refractivity contribution < 1.29 is 13.9 Å². The molecule has 1 aromatic rings. The molecule has 2 nitrogen and oxygen atoms in total. The number of rotatable bonds is 6. The second-order valence-corrected chi connectivity index (χ2v) is 3.90. The van der Waals surface area contributed by atoms with E-state index in [0.29, 0.717) is 12.1 Å². The molecule has 1 aromatic carbocycles. The van der Waals surface area contributed by atoms with Crippen LogP contribution in [0.25, 0.3) is 0 Å². The van der Waals surface area contributed by atoms with Crippen LogP contribution in [0.1, 0.15) is 18.4 Å². The highest BCUT2D eigenvalue weighted by Gasteiger charge is 2.06. The molecule has 0 bridgehead atoms. The summed E-state index contributed by atoms with van der Waals surface area (Å²) in [5.41, 5.74) is 0.493. The summed E-state index contributed by atoms with van der Waals surface area (Å²) in [4.78, 5) is 1.95. The van der Waals surface area contributed by atoms with Gasteiger partial charge in [-0.2, -0.15) is 0 Å². The van der Waals surface area contributed by atoms with Crippen molar-refractivity contribution in [1.82, 2.24) is 4.90 Å². The number of aliphatic hydroxyl groups is 1. The van der Waals surface area contributed by atoms with E-state index in [-0.39, 0.29) is 6.61 Å². The van der Waals surface area contributed by atoms with Gasteiger partial charge in [0.25, 0.3) is 0 Å². The first-order valence-corrected chi connectivity index (χ1v) is 5.37. The number of hydrogen-bond donors (Lipinski definition) is 1. The molecular formula is C12H17F2NO. The summed E-state index contributed by atoms with van der Waals surface area (Å²) < 4.78 is 25.9. The van der Waals surface area contributed by atoms with Crippen LogP contribution in [0.5, 0.6) is 0 Å². The molecule has 0 aliphatic heterocycles. The lowest BCUT2D eigenvalue weighted by Crippen LogP contribution is -2.20. The lowest BCUT2D eigenvalue weighted by Gasteiger charge is -2.16. The lowest BCUT2D eigenvalue weighted by molar-refractivity contribution is 0.260. The van der Waals surface area contributed by atoms with Crippen LogP contribution in [0, 0.1) is 11.6 Å². The third-order valence-corrected chi connectivity index (χ3v) is 2.40. The van der Waals surface area contributed by atoms with Gasteiger partial charge in [0, 0.05) is 24.8 Å². The summed E-state index contributed by atoms with van der Waals surface area (Å²) in [6.45, 7) is 1.42. The summed E-state index contributed by atoms with van der Waals surface area (Å²) in [6.07, 6.45) is 1.62. The molecular weight excluding hydrogens is 212 g/mol. The molecule has 0 aliphatic carbocycles. The van der Waals surface area contributed by atoms with E-state index < -0.39 is 11.6 Å². The fraction of sp³-hybridized carbons (Fsp3) is 0.500. The Balaban J connectivity index is 2.46. The molecule has 4 heteroatoms. The maximum atomic E-state index is 13.3. The van der Waals surface area contributed by atoms with E-state index >= 15 is 0 Å². The van der Waals surface area contributed by atoms with Crippen LogP contribution in [0.4, 0.5) is 8.78 Å². The van der Waals surface area contributed by atoms with Crippen molar-refractivity contribution in [2.75, 3.05) is 20.2 Å². The molecule has 0 saturated carbocycles. The smallest absolute Gasteiger partial charge is 0.130 e. The van der Waals surface area contributed by atoms with E-state index in [1.807, 2.05) is 11.9 Å². The molecule has 0 heterocycles. The van der Waals surface area contributed by atoms with Crippen LogP contribution in [0.15, 0.2) is 18.2 Å². The zero-order chi connectivity index (χ0) is 12.0. The maximum absolute atomic E-state index is 13.3. The Hall–Kier alpha value is -1.00. The highest BCUT2D eigenvalue weighted by Crippen LogP contribution is 2.11. The van der Waals surface area contributed by atoms with E-state index in [1.54, 1.807) is 0 Å². The van der Waals surface area contributed by atoms with Crippen molar-refractivity contribution in [3.63, 3.8) is 0 Å². The SMILES string of the molecule is CN(CCCCO)Cc1ccc(F)cc1F. The van der Waals surface area contributed by atoms with Crippen LogP contribution < -0.4 is 0 Å². The van der Waals surface area contributed by atoms with Crippen molar-refractivity contribution in [2.45, 2.75) is 19.4 Å². The zero-order valence-corrected chi connectivity index (χ0v) is 9.42. The molecule has 0 unspecified atom stereocenters. The van der Waals surface area contributed by atoms with E-state index in [1.165, 1.54) is 12.1 Å². The molecule has 1 rings (SSSR count). The van der Waals surface area contributed by atoms with Gasteiger partial charge in [-0.05, 0) is 32.5 Å². The first-order valence-electron chi connectivity index (χ1n) is 5.37. The van der Waals surface area contributed by atoms with Crippen LogP contribution in [0.3, 0.4) is 0 Å². The minimum Gasteiger partial charge on any atom is -0.396 e. The largest absolute Gasteiger partial charge is 0.396 e. The van der Waals surface area contributed by atoms with Gasteiger partial charge in [0.15, 0.2) is 0 Å². The number of unbranched alkanes of at least 4 members (excludes halogenated alkanes) is 1. The van der Waals surface area contributed by atoms with Crippen LogP contribution in [-0.4, -0.2) is 30.2 Å². The highest BCUT2D eigenvalue weighted by molar-refractivity contribution is 5.18. The Morgan fingerprint density at radius 1 is 1.25 bits per heavy atom. The topological polar surface area (TPSA) is 23.5 Å². The highest BCUT2D eigenvalue weighted by atomic mass is 19.1.